The van der Waals surface area contributed by atoms with Crippen molar-refractivity contribution >= 4 is 12.0 Å². The average molecular weight is 538 g/mol. The largest absolute Gasteiger partial charge is 0.504 e. The Hall–Kier alpha value is -3.30. The third-order valence-electron chi connectivity index (χ3n) is 8.13. The molecular weight excluding hydrogens is 498 g/mol. The molecule has 1 saturated heterocycles. The second kappa shape index (κ2) is 12.3. The molecule has 9 nitrogen and oxygen atoms in total. The molecule has 2 aromatic rings. The number of phenols is 1. The van der Waals surface area contributed by atoms with E-state index in [1.807, 2.05) is 35.2 Å². The molecule has 9 heteroatoms. The number of ether oxygens (including phenoxy) is 3. The van der Waals surface area contributed by atoms with E-state index in [0.717, 1.165) is 44.3 Å². The summed E-state index contributed by atoms with van der Waals surface area (Å²) in [5.74, 6) is 0.256. The number of carbonyl (C=O) groups excluding carboxylic acids is 2. The first-order valence-corrected chi connectivity index (χ1v) is 13.9. The maximum Gasteiger partial charge on any atom is 0.410 e. The van der Waals surface area contributed by atoms with Crippen molar-refractivity contribution in [3.63, 3.8) is 0 Å². The Bertz CT molecular complexity index is 1140. The molecule has 1 spiro atoms. The third kappa shape index (κ3) is 6.65. The number of hydrogen-bond acceptors (Lipinski definition) is 7. The molecule has 2 saturated carbocycles. The molecule has 3 N–H and O–H groups in total. The van der Waals surface area contributed by atoms with Gasteiger partial charge < -0.3 is 34.9 Å². The fraction of sp³-hybridized carbons (Fsp3) is 0.533. The lowest BCUT2D eigenvalue weighted by Crippen LogP contribution is -2.46. The van der Waals surface area contributed by atoms with Crippen molar-refractivity contribution < 1.29 is 28.9 Å². The smallest absolute Gasteiger partial charge is 0.410 e. The van der Waals surface area contributed by atoms with Gasteiger partial charge in [0.2, 0.25) is 0 Å². The van der Waals surface area contributed by atoms with Crippen LogP contribution in [0.3, 0.4) is 0 Å². The standard InChI is InChI=1S/C30H39N3O6/c1-37-14-5-15-38-26-16-22(8-11-25(26)34)28(35)32-18-23-12-13-31-20-30(23)17-27(30)39-29(36)33(24-9-10-24)19-21-6-3-2-4-7-21/h2-4,6-8,11,16,23-24,27,31,34H,5,9-10,12-15,17-20H2,1H3,(H,32,35)/t23?,27-,30+/m0/s1. The molecule has 3 fully saturated rings. The SMILES string of the molecule is COCCCOc1cc(C(=O)NCC2CCNC[C@]23C[C@@H]3OC(=O)N(Cc2ccccc2)C2CC2)ccc1O. The van der Waals surface area contributed by atoms with E-state index >= 15 is 0 Å². The molecule has 1 unspecified atom stereocenters. The molecule has 3 aliphatic rings. The number of hydrogen-bond donors (Lipinski definition) is 3. The van der Waals surface area contributed by atoms with Crippen molar-refractivity contribution in [3.8, 4) is 11.5 Å². The number of methoxy groups -OCH3 is 1. The van der Waals surface area contributed by atoms with Crippen LogP contribution in [0.1, 0.15) is 48.0 Å². The van der Waals surface area contributed by atoms with E-state index in [-0.39, 0.29) is 47.0 Å². The van der Waals surface area contributed by atoms with Gasteiger partial charge in [-0.05, 0) is 61.9 Å². The van der Waals surface area contributed by atoms with Crippen LogP contribution in [-0.2, 0) is 16.0 Å². The van der Waals surface area contributed by atoms with Gasteiger partial charge in [0, 0.05) is 56.8 Å². The summed E-state index contributed by atoms with van der Waals surface area (Å²) in [4.78, 5) is 28.1. The van der Waals surface area contributed by atoms with Gasteiger partial charge in [0.15, 0.2) is 11.5 Å². The fourth-order valence-electron chi connectivity index (χ4n) is 5.57. The summed E-state index contributed by atoms with van der Waals surface area (Å²) in [7, 11) is 1.62. The number of phenolic OH excluding ortho intramolecular Hbond substituents is 1. The van der Waals surface area contributed by atoms with E-state index in [1.165, 1.54) is 6.07 Å². The molecule has 2 amide bonds. The number of aromatic hydroxyl groups is 1. The van der Waals surface area contributed by atoms with Crippen molar-refractivity contribution in [2.45, 2.75) is 50.8 Å². The molecule has 0 aromatic heterocycles. The maximum atomic E-state index is 13.2. The van der Waals surface area contributed by atoms with Gasteiger partial charge in [0.1, 0.15) is 6.10 Å². The summed E-state index contributed by atoms with van der Waals surface area (Å²) in [6.07, 6.45) is 4.02. The Balaban J connectivity index is 1.16. The maximum absolute atomic E-state index is 13.2. The van der Waals surface area contributed by atoms with Crippen molar-refractivity contribution in [1.29, 1.82) is 0 Å². The minimum absolute atomic E-state index is 0.00332. The zero-order valence-electron chi connectivity index (χ0n) is 22.6. The Labute approximate surface area is 229 Å². The fourth-order valence-corrected chi connectivity index (χ4v) is 5.57. The molecule has 0 radical (unpaired) electrons. The number of carbonyl (C=O) groups is 2. The van der Waals surface area contributed by atoms with Crippen LogP contribution < -0.4 is 15.4 Å². The lowest BCUT2D eigenvalue weighted by Gasteiger charge is -2.33. The zero-order valence-corrected chi connectivity index (χ0v) is 22.6. The van der Waals surface area contributed by atoms with Gasteiger partial charge in [-0.2, -0.15) is 0 Å². The lowest BCUT2D eigenvalue weighted by molar-refractivity contribution is 0.0611. The van der Waals surface area contributed by atoms with Crippen LogP contribution in [-0.4, -0.2) is 74.1 Å². The highest BCUT2D eigenvalue weighted by atomic mass is 16.6. The predicted molar refractivity (Wildman–Crippen MR) is 146 cm³/mol. The van der Waals surface area contributed by atoms with E-state index in [2.05, 4.69) is 10.6 Å². The minimum Gasteiger partial charge on any atom is -0.504 e. The Kier molecular flexibility index (Phi) is 8.57. The van der Waals surface area contributed by atoms with Crippen molar-refractivity contribution in [3.05, 3.63) is 59.7 Å². The first-order valence-electron chi connectivity index (χ1n) is 13.9. The van der Waals surface area contributed by atoms with Gasteiger partial charge in [-0.3, -0.25) is 4.79 Å². The Morgan fingerprint density at radius 2 is 1.95 bits per heavy atom. The van der Waals surface area contributed by atoms with Crippen molar-refractivity contribution in [2.24, 2.45) is 11.3 Å². The highest BCUT2D eigenvalue weighted by Gasteiger charge is 2.62. The summed E-state index contributed by atoms with van der Waals surface area (Å²) < 4.78 is 16.7. The first kappa shape index (κ1) is 27.3. The number of amides is 2. The van der Waals surface area contributed by atoms with Gasteiger partial charge in [0.25, 0.3) is 5.91 Å². The normalized spacial score (nSPS) is 23.7. The second-order valence-electron chi connectivity index (χ2n) is 10.9. The van der Waals surface area contributed by atoms with Crippen molar-refractivity contribution in [1.82, 2.24) is 15.5 Å². The molecule has 2 aliphatic carbocycles. The van der Waals surface area contributed by atoms with Crippen LogP contribution in [0.25, 0.3) is 0 Å². The van der Waals surface area contributed by atoms with Crippen LogP contribution in [0.2, 0.25) is 0 Å². The Morgan fingerprint density at radius 1 is 1.13 bits per heavy atom. The second-order valence-corrected chi connectivity index (χ2v) is 10.9. The van der Waals surface area contributed by atoms with E-state index < -0.39 is 0 Å². The number of rotatable bonds is 12. The van der Waals surface area contributed by atoms with Gasteiger partial charge in [0.05, 0.1) is 6.61 Å². The molecule has 0 bridgehead atoms. The summed E-state index contributed by atoms with van der Waals surface area (Å²) in [5.41, 5.74) is 1.37. The molecule has 2 aromatic carbocycles. The van der Waals surface area contributed by atoms with Crippen LogP contribution in [0.5, 0.6) is 11.5 Å². The Morgan fingerprint density at radius 3 is 2.72 bits per heavy atom. The number of nitrogens with zero attached hydrogens (tertiary/aromatic N) is 1. The summed E-state index contributed by atoms with van der Waals surface area (Å²) in [5, 5.41) is 16.6. The van der Waals surface area contributed by atoms with Crippen LogP contribution in [0, 0.1) is 11.3 Å². The van der Waals surface area contributed by atoms with E-state index in [1.54, 1.807) is 19.2 Å². The summed E-state index contributed by atoms with van der Waals surface area (Å²) >= 11 is 0. The van der Waals surface area contributed by atoms with Gasteiger partial charge >= 0.3 is 6.09 Å². The highest BCUT2D eigenvalue weighted by molar-refractivity contribution is 5.94. The van der Waals surface area contributed by atoms with Gasteiger partial charge in [-0.25, -0.2) is 4.79 Å². The quantitative estimate of drug-likeness (QED) is 0.354. The predicted octanol–water partition coefficient (Wildman–Crippen LogP) is 3.71. The topological polar surface area (TPSA) is 109 Å². The van der Waals surface area contributed by atoms with Gasteiger partial charge in [-0.15, -0.1) is 0 Å². The molecule has 1 heterocycles. The number of piperidine rings is 1. The van der Waals surface area contributed by atoms with E-state index in [0.29, 0.717) is 38.3 Å². The minimum atomic E-state index is -0.237. The van der Waals surface area contributed by atoms with Gasteiger partial charge in [-0.1, -0.05) is 30.3 Å². The first-order chi connectivity index (χ1) is 19.0. The summed E-state index contributed by atoms with van der Waals surface area (Å²) in [6, 6.07) is 14.9. The van der Waals surface area contributed by atoms with E-state index in [4.69, 9.17) is 14.2 Å². The lowest BCUT2D eigenvalue weighted by atomic mass is 9.82. The van der Waals surface area contributed by atoms with E-state index in [9.17, 15) is 14.7 Å². The van der Waals surface area contributed by atoms with Crippen LogP contribution >= 0.6 is 0 Å². The van der Waals surface area contributed by atoms with Crippen LogP contribution in [0.4, 0.5) is 4.79 Å². The molecule has 5 rings (SSSR count). The van der Waals surface area contributed by atoms with Crippen molar-refractivity contribution in [2.75, 3.05) is 40.0 Å². The molecule has 39 heavy (non-hydrogen) atoms. The molecule has 210 valence electrons. The number of nitrogens with one attached hydrogen (secondary N) is 2. The average Bonchev–Trinajstić information content (AvgIpc) is 3.89. The molecule has 1 aliphatic heterocycles. The third-order valence-corrected chi connectivity index (χ3v) is 8.13. The molecular formula is C30H39N3O6. The zero-order chi connectivity index (χ0) is 27.2. The highest BCUT2D eigenvalue weighted by Crippen LogP contribution is 2.56. The summed E-state index contributed by atoms with van der Waals surface area (Å²) in [6.45, 7) is 3.63. The molecule has 3 atom stereocenters. The van der Waals surface area contributed by atoms with Crippen LogP contribution in [0.15, 0.2) is 48.5 Å². The number of benzene rings is 2. The monoisotopic (exact) mass is 537 g/mol.